The summed E-state index contributed by atoms with van der Waals surface area (Å²) in [7, 11) is 0. The summed E-state index contributed by atoms with van der Waals surface area (Å²) in [6.45, 7) is -0.333. The first kappa shape index (κ1) is 21.9. The minimum absolute atomic E-state index is 0.119. The molecule has 1 aliphatic rings. The van der Waals surface area contributed by atoms with Crippen molar-refractivity contribution in [3.8, 4) is 0 Å². The van der Waals surface area contributed by atoms with Gasteiger partial charge in [0.25, 0.3) is 0 Å². The number of benzene rings is 2. The molecule has 0 saturated heterocycles. The lowest BCUT2D eigenvalue weighted by Crippen LogP contribution is -2.39. The second-order valence-electron chi connectivity index (χ2n) is 7.92. The molecule has 4 rings (SSSR count). The van der Waals surface area contributed by atoms with Crippen LogP contribution in [0.15, 0.2) is 54.7 Å². The number of hydrogen-bond donors (Lipinski definition) is 2. The van der Waals surface area contributed by atoms with E-state index in [2.05, 4.69) is 5.10 Å². The van der Waals surface area contributed by atoms with E-state index in [-0.39, 0.29) is 18.2 Å². The molecule has 2 N–H and O–H groups in total. The first-order valence-electron chi connectivity index (χ1n) is 10.1. The number of fused-ring (bicyclic) bond motifs is 1. The highest BCUT2D eigenvalue weighted by Crippen LogP contribution is 2.31. The van der Waals surface area contributed by atoms with Gasteiger partial charge in [0.15, 0.2) is 5.69 Å². The molecule has 2 aromatic carbocycles. The van der Waals surface area contributed by atoms with Crippen LogP contribution in [-0.2, 0) is 38.7 Å². The van der Waals surface area contributed by atoms with Crippen LogP contribution >= 0.6 is 0 Å². The zero-order valence-electron chi connectivity index (χ0n) is 17.1. The third-order valence-corrected chi connectivity index (χ3v) is 5.68. The summed E-state index contributed by atoms with van der Waals surface area (Å²) in [6.07, 6.45) is -3.29. The predicted octanol–water partition coefficient (Wildman–Crippen LogP) is 4.09. The Morgan fingerprint density at radius 3 is 2.44 bits per heavy atom. The number of carbonyl (C=O) groups is 1. The van der Waals surface area contributed by atoms with E-state index in [0.29, 0.717) is 19.4 Å². The van der Waals surface area contributed by atoms with Gasteiger partial charge in [0.1, 0.15) is 0 Å². The highest BCUT2D eigenvalue weighted by molar-refractivity contribution is 5.66. The lowest BCUT2D eigenvalue weighted by molar-refractivity contribution is -0.142. The van der Waals surface area contributed by atoms with Crippen molar-refractivity contribution in [3.05, 3.63) is 88.2 Å². The van der Waals surface area contributed by atoms with Crippen molar-refractivity contribution >= 4 is 6.09 Å². The average Bonchev–Trinajstić information content (AvgIpc) is 3.36. The summed E-state index contributed by atoms with van der Waals surface area (Å²) in [4.78, 5) is 13.3. The number of halogens is 3. The molecule has 0 fully saturated rings. The zero-order chi connectivity index (χ0) is 22.9. The van der Waals surface area contributed by atoms with Crippen LogP contribution in [-0.4, -0.2) is 37.0 Å². The van der Waals surface area contributed by atoms with Gasteiger partial charge in [0, 0.05) is 24.3 Å². The molecule has 1 unspecified atom stereocenters. The highest BCUT2D eigenvalue weighted by Gasteiger charge is 2.37. The maximum atomic E-state index is 13.1. The minimum Gasteiger partial charge on any atom is -0.465 e. The summed E-state index contributed by atoms with van der Waals surface area (Å²) in [5, 5.41) is 22.6. The number of aliphatic hydroxyl groups excluding tert-OH is 1. The number of carboxylic acid groups (broad SMARTS) is 1. The molecule has 1 aliphatic carbocycles. The summed E-state index contributed by atoms with van der Waals surface area (Å²) >= 11 is 0. The SMILES string of the molecule is O=C(O)N(Cc1ccccc1)C1Cc2ccc(Cn3cc(CO)c(C(F)(F)F)n3)cc2C1. The van der Waals surface area contributed by atoms with Crippen LogP contribution in [0.25, 0.3) is 0 Å². The van der Waals surface area contributed by atoms with E-state index < -0.39 is 24.6 Å². The Morgan fingerprint density at radius 2 is 1.81 bits per heavy atom. The molecule has 6 nitrogen and oxygen atoms in total. The van der Waals surface area contributed by atoms with Crippen molar-refractivity contribution in [2.75, 3.05) is 0 Å². The fraction of sp³-hybridized carbons (Fsp3) is 0.304. The Balaban J connectivity index is 1.50. The van der Waals surface area contributed by atoms with Crippen LogP contribution in [0.5, 0.6) is 0 Å². The topological polar surface area (TPSA) is 78.6 Å². The van der Waals surface area contributed by atoms with Crippen molar-refractivity contribution < 1.29 is 28.2 Å². The molecule has 168 valence electrons. The van der Waals surface area contributed by atoms with E-state index in [0.717, 1.165) is 22.3 Å². The predicted molar refractivity (Wildman–Crippen MR) is 110 cm³/mol. The van der Waals surface area contributed by atoms with Gasteiger partial charge in [-0.2, -0.15) is 18.3 Å². The van der Waals surface area contributed by atoms with Gasteiger partial charge in [-0.05, 0) is 35.1 Å². The van der Waals surface area contributed by atoms with Gasteiger partial charge in [0.2, 0.25) is 0 Å². The van der Waals surface area contributed by atoms with E-state index in [1.165, 1.54) is 15.8 Å². The van der Waals surface area contributed by atoms with Crippen LogP contribution in [0.4, 0.5) is 18.0 Å². The van der Waals surface area contributed by atoms with Crippen molar-refractivity contribution in [2.45, 2.75) is 44.8 Å². The molecule has 32 heavy (non-hydrogen) atoms. The summed E-state index contributed by atoms with van der Waals surface area (Å²) < 4.78 is 40.4. The molecule has 0 saturated carbocycles. The standard InChI is InChI=1S/C23H22F3N3O3/c24-23(25,26)21-19(14-30)13-28(27-21)11-16-6-7-17-9-20(10-18(17)8-16)29(22(31)32)12-15-4-2-1-3-5-15/h1-8,13,20,30H,9-12,14H2,(H,31,32). The molecular weight excluding hydrogens is 423 g/mol. The van der Waals surface area contributed by atoms with E-state index in [4.69, 9.17) is 0 Å². The van der Waals surface area contributed by atoms with E-state index >= 15 is 0 Å². The number of alkyl halides is 3. The molecule has 1 amide bonds. The van der Waals surface area contributed by atoms with Crippen LogP contribution < -0.4 is 0 Å². The molecule has 0 bridgehead atoms. The van der Waals surface area contributed by atoms with Crippen LogP contribution in [0.1, 0.15) is 33.5 Å². The van der Waals surface area contributed by atoms with E-state index in [1.807, 2.05) is 48.5 Å². The first-order valence-corrected chi connectivity index (χ1v) is 10.1. The Labute approximate surface area is 182 Å². The molecule has 0 radical (unpaired) electrons. The fourth-order valence-corrected chi connectivity index (χ4v) is 4.19. The molecule has 1 atom stereocenters. The third kappa shape index (κ3) is 4.62. The normalized spacial score (nSPS) is 15.6. The van der Waals surface area contributed by atoms with E-state index in [9.17, 15) is 28.2 Å². The van der Waals surface area contributed by atoms with Gasteiger partial charge in [-0.1, -0.05) is 48.5 Å². The number of rotatable bonds is 6. The van der Waals surface area contributed by atoms with Gasteiger partial charge in [0.05, 0.1) is 13.2 Å². The molecular formula is C23H22F3N3O3. The lowest BCUT2D eigenvalue weighted by Gasteiger charge is -2.26. The van der Waals surface area contributed by atoms with E-state index in [1.54, 1.807) is 0 Å². The van der Waals surface area contributed by atoms with Gasteiger partial charge in [-0.3, -0.25) is 4.68 Å². The number of aliphatic hydroxyl groups is 1. The second kappa shape index (κ2) is 8.66. The second-order valence-corrected chi connectivity index (χ2v) is 7.92. The molecule has 1 aromatic heterocycles. The van der Waals surface area contributed by atoms with Crippen molar-refractivity contribution in [3.63, 3.8) is 0 Å². The Kier molecular flexibility index (Phi) is 5.92. The largest absolute Gasteiger partial charge is 0.465 e. The van der Waals surface area contributed by atoms with Crippen molar-refractivity contribution in [2.24, 2.45) is 0 Å². The lowest BCUT2D eigenvalue weighted by atomic mass is 10.1. The van der Waals surface area contributed by atoms with Gasteiger partial charge in [-0.15, -0.1) is 0 Å². The number of hydrogen-bond acceptors (Lipinski definition) is 3. The number of nitrogens with zero attached hydrogens (tertiary/aromatic N) is 3. The van der Waals surface area contributed by atoms with Gasteiger partial charge in [-0.25, -0.2) is 4.79 Å². The summed E-state index contributed by atoms with van der Waals surface area (Å²) in [5.74, 6) is 0. The number of aromatic nitrogens is 2. The minimum atomic E-state index is -4.63. The Morgan fingerprint density at radius 1 is 1.09 bits per heavy atom. The maximum absolute atomic E-state index is 13.1. The maximum Gasteiger partial charge on any atom is 0.435 e. The summed E-state index contributed by atoms with van der Waals surface area (Å²) in [5.41, 5.74) is 2.33. The fourth-order valence-electron chi connectivity index (χ4n) is 4.19. The third-order valence-electron chi connectivity index (χ3n) is 5.68. The van der Waals surface area contributed by atoms with Crippen LogP contribution in [0, 0.1) is 0 Å². The van der Waals surface area contributed by atoms with Crippen molar-refractivity contribution in [1.82, 2.24) is 14.7 Å². The zero-order valence-corrected chi connectivity index (χ0v) is 17.1. The molecule has 0 spiro atoms. The number of amides is 1. The first-order chi connectivity index (χ1) is 15.2. The Bertz CT molecular complexity index is 1110. The van der Waals surface area contributed by atoms with Crippen molar-refractivity contribution in [1.29, 1.82) is 0 Å². The van der Waals surface area contributed by atoms with Gasteiger partial charge >= 0.3 is 12.3 Å². The van der Waals surface area contributed by atoms with Gasteiger partial charge < -0.3 is 15.1 Å². The molecule has 9 heteroatoms. The smallest absolute Gasteiger partial charge is 0.435 e. The quantitative estimate of drug-likeness (QED) is 0.599. The Hall–Kier alpha value is -3.33. The highest BCUT2D eigenvalue weighted by atomic mass is 19.4. The monoisotopic (exact) mass is 445 g/mol. The molecule has 0 aliphatic heterocycles. The summed E-state index contributed by atoms with van der Waals surface area (Å²) in [6, 6.07) is 14.8. The average molecular weight is 445 g/mol. The van der Waals surface area contributed by atoms with Crippen LogP contribution in [0.2, 0.25) is 0 Å². The molecule has 3 aromatic rings. The molecule has 1 heterocycles. The van der Waals surface area contributed by atoms with Crippen LogP contribution in [0.3, 0.4) is 0 Å².